The van der Waals surface area contributed by atoms with Gasteiger partial charge in [-0.1, -0.05) is 6.92 Å². The molecule has 1 aliphatic rings. The first-order chi connectivity index (χ1) is 6.04. The lowest BCUT2D eigenvalue weighted by Gasteiger charge is -2.39. The molecule has 1 heterocycles. The Kier molecular flexibility index (Phi) is 3.57. The van der Waals surface area contributed by atoms with E-state index in [0.717, 1.165) is 6.42 Å². The summed E-state index contributed by atoms with van der Waals surface area (Å²) >= 11 is 5.18. The van der Waals surface area contributed by atoms with E-state index in [2.05, 4.69) is 0 Å². The lowest BCUT2D eigenvalue weighted by atomic mass is 9.84. The van der Waals surface area contributed by atoms with Gasteiger partial charge in [0, 0.05) is 5.41 Å². The van der Waals surface area contributed by atoms with Crippen molar-refractivity contribution in [1.82, 2.24) is 0 Å². The standard InChI is InChI=1S/C7H13ClO4S/c1-2-7(3-11-4-7)5-12-13(9,10)6-8/h2-6H2,1H3. The highest BCUT2D eigenvalue weighted by Crippen LogP contribution is 2.31. The van der Waals surface area contributed by atoms with Crippen molar-refractivity contribution in [1.29, 1.82) is 0 Å². The molecule has 6 heteroatoms. The van der Waals surface area contributed by atoms with Gasteiger partial charge in [-0.05, 0) is 6.42 Å². The molecule has 0 radical (unpaired) electrons. The molecule has 1 fully saturated rings. The van der Waals surface area contributed by atoms with Gasteiger partial charge in [0.05, 0.1) is 19.8 Å². The van der Waals surface area contributed by atoms with Crippen LogP contribution in [-0.2, 0) is 19.0 Å². The van der Waals surface area contributed by atoms with Crippen molar-refractivity contribution in [2.24, 2.45) is 5.41 Å². The van der Waals surface area contributed by atoms with Crippen LogP contribution in [0.1, 0.15) is 13.3 Å². The summed E-state index contributed by atoms with van der Waals surface area (Å²) in [5.41, 5.74) is -0.112. The summed E-state index contributed by atoms with van der Waals surface area (Å²) in [7, 11) is -3.53. The molecule has 0 N–H and O–H groups in total. The van der Waals surface area contributed by atoms with Crippen LogP contribution in [0.15, 0.2) is 0 Å². The van der Waals surface area contributed by atoms with Crippen LogP contribution in [0.3, 0.4) is 0 Å². The van der Waals surface area contributed by atoms with E-state index in [0.29, 0.717) is 13.2 Å². The second kappa shape index (κ2) is 4.13. The Morgan fingerprint density at radius 2 is 2.15 bits per heavy atom. The molecule has 1 aliphatic heterocycles. The first-order valence-corrected chi connectivity index (χ1v) is 6.16. The molecule has 13 heavy (non-hydrogen) atoms. The van der Waals surface area contributed by atoms with Gasteiger partial charge in [-0.3, -0.25) is 4.18 Å². The van der Waals surface area contributed by atoms with Crippen LogP contribution in [0.25, 0.3) is 0 Å². The lowest BCUT2D eigenvalue weighted by molar-refractivity contribution is -0.132. The van der Waals surface area contributed by atoms with Crippen LogP contribution < -0.4 is 0 Å². The van der Waals surface area contributed by atoms with Crippen LogP contribution in [0.2, 0.25) is 0 Å². The maximum Gasteiger partial charge on any atom is 0.281 e. The highest BCUT2D eigenvalue weighted by atomic mass is 35.5. The molecule has 0 spiro atoms. The normalized spacial score (nSPS) is 21.1. The Labute approximate surface area is 83.3 Å². The minimum absolute atomic E-state index is 0.112. The number of halogens is 1. The highest BCUT2D eigenvalue weighted by molar-refractivity contribution is 7.87. The molecule has 1 saturated heterocycles. The average Bonchev–Trinajstić information content (AvgIpc) is 2.03. The maximum atomic E-state index is 10.9. The molecule has 0 saturated carbocycles. The Bertz CT molecular complexity index is 252. The number of alkyl halides is 1. The highest BCUT2D eigenvalue weighted by Gasteiger charge is 2.38. The minimum Gasteiger partial charge on any atom is -0.380 e. The first-order valence-electron chi connectivity index (χ1n) is 4.04. The molecule has 78 valence electrons. The molecule has 0 aromatic rings. The molecule has 0 amide bonds. The van der Waals surface area contributed by atoms with Crippen LogP contribution in [0.4, 0.5) is 0 Å². The van der Waals surface area contributed by atoms with Crippen LogP contribution in [0.5, 0.6) is 0 Å². The van der Waals surface area contributed by atoms with Crippen LogP contribution in [-0.4, -0.2) is 33.5 Å². The molecule has 0 aliphatic carbocycles. The fourth-order valence-electron chi connectivity index (χ4n) is 1.03. The first kappa shape index (κ1) is 11.2. The van der Waals surface area contributed by atoms with Crippen molar-refractivity contribution in [3.63, 3.8) is 0 Å². The number of hydrogen-bond acceptors (Lipinski definition) is 4. The van der Waals surface area contributed by atoms with Crippen molar-refractivity contribution >= 4 is 21.7 Å². The quantitative estimate of drug-likeness (QED) is 0.520. The van der Waals surface area contributed by atoms with Gasteiger partial charge in [-0.2, -0.15) is 8.42 Å². The van der Waals surface area contributed by atoms with Gasteiger partial charge in [0.25, 0.3) is 10.1 Å². The molecule has 1 rings (SSSR count). The lowest BCUT2D eigenvalue weighted by Crippen LogP contribution is -2.46. The number of rotatable bonds is 5. The topological polar surface area (TPSA) is 52.6 Å². The Balaban J connectivity index is 2.41. The fourth-order valence-corrected chi connectivity index (χ4v) is 1.71. The van der Waals surface area contributed by atoms with Crippen LogP contribution in [0, 0.1) is 5.41 Å². The zero-order chi connectivity index (χ0) is 9.95. The third kappa shape index (κ3) is 2.80. The summed E-state index contributed by atoms with van der Waals surface area (Å²) in [5.74, 6) is 0. The van der Waals surface area contributed by atoms with E-state index < -0.39 is 15.3 Å². The monoisotopic (exact) mass is 228 g/mol. The average molecular weight is 229 g/mol. The van der Waals surface area contributed by atoms with E-state index in [1.54, 1.807) is 0 Å². The van der Waals surface area contributed by atoms with Gasteiger partial charge in [0.15, 0.2) is 0 Å². The molecular weight excluding hydrogens is 216 g/mol. The summed E-state index contributed by atoms with van der Waals surface area (Å²) in [5, 5.41) is -0.492. The van der Waals surface area contributed by atoms with Crippen LogP contribution >= 0.6 is 11.6 Å². The zero-order valence-electron chi connectivity index (χ0n) is 7.45. The molecule has 0 atom stereocenters. The van der Waals surface area contributed by atoms with Crippen molar-refractivity contribution < 1.29 is 17.3 Å². The van der Waals surface area contributed by atoms with E-state index in [4.69, 9.17) is 20.5 Å². The predicted molar refractivity (Wildman–Crippen MR) is 49.1 cm³/mol. The van der Waals surface area contributed by atoms with E-state index >= 15 is 0 Å². The second-order valence-corrected chi connectivity index (χ2v) is 5.50. The van der Waals surface area contributed by atoms with Gasteiger partial charge in [-0.25, -0.2) is 0 Å². The minimum atomic E-state index is -3.53. The van der Waals surface area contributed by atoms with E-state index in [9.17, 15) is 8.42 Å². The maximum absolute atomic E-state index is 10.9. The third-order valence-electron chi connectivity index (χ3n) is 2.24. The van der Waals surface area contributed by atoms with Crippen molar-refractivity contribution in [2.75, 3.05) is 25.0 Å². The summed E-state index contributed by atoms with van der Waals surface area (Å²) in [6.45, 7) is 3.31. The van der Waals surface area contributed by atoms with Crippen molar-refractivity contribution in [2.45, 2.75) is 13.3 Å². The molecule has 0 aromatic carbocycles. The van der Waals surface area contributed by atoms with Gasteiger partial charge in [0.2, 0.25) is 0 Å². The molecule has 0 unspecified atom stereocenters. The van der Waals surface area contributed by atoms with Gasteiger partial charge in [-0.15, -0.1) is 11.6 Å². The second-order valence-electron chi connectivity index (χ2n) is 3.28. The third-order valence-corrected chi connectivity index (χ3v) is 3.79. The largest absolute Gasteiger partial charge is 0.380 e. The summed E-state index contributed by atoms with van der Waals surface area (Å²) in [4.78, 5) is 0. The van der Waals surface area contributed by atoms with Gasteiger partial charge >= 0.3 is 0 Å². The molecular formula is C7H13ClO4S. The van der Waals surface area contributed by atoms with Crippen molar-refractivity contribution in [3.8, 4) is 0 Å². The zero-order valence-corrected chi connectivity index (χ0v) is 9.03. The van der Waals surface area contributed by atoms with E-state index in [1.165, 1.54) is 0 Å². The SMILES string of the molecule is CCC1(COS(=O)(=O)CCl)COC1. The molecule has 4 nitrogen and oxygen atoms in total. The summed E-state index contributed by atoms with van der Waals surface area (Å²) in [6.07, 6.45) is 0.852. The number of ether oxygens (including phenoxy) is 1. The predicted octanol–water partition coefficient (Wildman–Crippen LogP) is 0.956. The fraction of sp³-hybridized carbons (Fsp3) is 1.00. The van der Waals surface area contributed by atoms with Gasteiger partial charge < -0.3 is 4.74 Å². The Hall–Kier alpha value is 0.160. The van der Waals surface area contributed by atoms with Gasteiger partial charge in [0.1, 0.15) is 5.21 Å². The summed E-state index contributed by atoms with van der Waals surface area (Å²) < 4.78 is 31.6. The Morgan fingerprint density at radius 1 is 1.54 bits per heavy atom. The Morgan fingerprint density at radius 3 is 2.46 bits per heavy atom. The van der Waals surface area contributed by atoms with Crippen molar-refractivity contribution in [3.05, 3.63) is 0 Å². The van der Waals surface area contributed by atoms with E-state index in [1.807, 2.05) is 6.92 Å². The van der Waals surface area contributed by atoms with E-state index in [-0.39, 0.29) is 12.0 Å². The smallest absolute Gasteiger partial charge is 0.281 e. The summed E-state index contributed by atoms with van der Waals surface area (Å²) in [6, 6.07) is 0. The molecule has 0 bridgehead atoms. The number of hydrogen-bond donors (Lipinski definition) is 0. The molecule has 0 aromatic heterocycles.